The summed E-state index contributed by atoms with van der Waals surface area (Å²) in [7, 11) is -4.41. The number of esters is 2. The highest BCUT2D eigenvalue weighted by Gasteiger charge is 2.26. The summed E-state index contributed by atoms with van der Waals surface area (Å²) in [5.74, 6) is -0.848. The molecule has 0 heterocycles. The SMILES string of the molecule is CC/C=C\C/C=C\C/C=C\C/C=C\C/C=C\C/C=C\C/C=C\C/C=C\C/C=C\C/C=C\CCCCCCCCC(=O)OC(COC(=O)CCCCCCCCCCCCCCCCCCCCC/C=C\C/C=C\C/C=C\C/C=C\C/C=C\CC)COP(=O)(O)OCCN. The van der Waals surface area contributed by atoms with Crippen molar-refractivity contribution < 1.29 is 37.6 Å². The molecule has 0 bridgehead atoms. The van der Waals surface area contributed by atoms with Crippen molar-refractivity contribution in [3.05, 3.63) is 182 Å². The second-order valence-corrected chi connectivity index (χ2v) is 25.5. The summed E-state index contributed by atoms with van der Waals surface area (Å²) in [5, 5.41) is 0. The summed E-state index contributed by atoms with van der Waals surface area (Å²) in [5.41, 5.74) is 5.41. The summed E-state index contributed by atoms with van der Waals surface area (Å²) in [6.45, 7) is 3.50. The third-order valence-corrected chi connectivity index (χ3v) is 16.3. The fraction of sp³-hybridized carbons (Fsp3) is 0.614. The summed E-state index contributed by atoms with van der Waals surface area (Å²) in [4.78, 5) is 35.4. The van der Waals surface area contributed by atoms with Crippen LogP contribution < -0.4 is 5.73 Å². The lowest BCUT2D eigenvalue weighted by molar-refractivity contribution is -0.161. The maximum absolute atomic E-state index is 12.8. The molecule has 0 aromatic carbocycles. The molecule has 0 saturated carbocycles. The first-order valence-corrected chi connectivity index (χ1v) is 38.8. The van der Waals surface area contributed by atoms with Gasteiger partial charge in [0.15, 0.2) is 6.10 Å². The number of hydrogen-bond acceptors (Lipinski definition) is 8. The molecule has 0 aliphatic carbocycles. The number of carbonyl (C=O) groups excluding carboxylic acids is 2. The number of nitrogens with two attached hydrogens (primary N) is 1. The van der Waals surface area contributed by atoms with Crippen molar-refractivity contribution in [1.82, 2.24) is 0 Å². The van der Waals surface area contributed by atoms with Crippen molar-refractivity contribution in [3.63, 3.8) is 0 Å². The van der Waals surface area contributed by atoms with Gasteiger partial charge in [-0.15, -0.1) is 0 Å². The standard InChI is InChI=1S/C83H136NO8P/c1-3-5-7-9-11-13-15-17-19-21-23-25-27-29-31-33-35-37-39-40-42-44-46-48-50-52-54-56-58-60-62-64-66-68-70-72-74-76-83(86)92-81(80-91-93(87,88)90-78-77-84)79-89-82(85)75-73-71-69-67-65-63-61-59-57-55-53-51-49-47-45-43-41-38-36-34-32-30-28-26-24-22-20-18-16-14-12-10-8-6-4-2/h5-8,11-14,17-20,23-26,29-32,35,37,40,42,46,48,52,54,58,60,81H,3-4,9-10,15-16,21-22,27-28,33-34,36,38-39,41,43-45,47,49-51,53,55-57,59,61-80,84H2,1-2H3,(H,87,88)/b7-5-,8-6-,13-11-,14-12-,19-17-,20-18-,25-23-,26-24-,31-29-,32-30-,37-35-,42-40-,48-46-,54-52-,60-58-. The Morgan fingerprint density at radius 2 is 0.559 bits per heavy atom. The lowest BCUT2D eigenvalue weighted by Crippen LogP contribution is -2.29. The van der Waals surface area contributed by atoms with Gasteiger partial charge in [0.05, 0.1) is 13.2 Å². The second kappa shape index (κ2) is 76.1. The highest BCUT2D eigenvalue weighted by atomic mass is 31.2. The molecule has 0 saturated heterocycles. The fourth-order valence-corrected chi connectivity index (χ4v) is 10.6. The van der Waals surface area contributed by atoms with Crippen molar-refractivity contribution >= 4 is 19.8 Å². The summed E-state index contributed by atoms with van der Waals surface area (Å²) < 4.78 is 33.2. The Morgan fingerprint density at radius 1 is 0.323 bits per heavy atom. The van der Waals surface area contributed by atoms with Crippen LogP contribution in [-0.2, 0) is 32.7 Å². The van der Waals surface area contributed by atoms with Gasteiger partial charge in [-0.25, -0.2) is 4.57 Å². The van der Waals surface area contributed by atoms with Crippen LogP contribution in [0.2, 0.25) is 0 Å². The van der Waals surface area contributed by atoms with Crippen LogP contribution in [0.4, 0.5) is 0 Å². The van der Waals surface area contributed by atoms with Crippen LogP contribution in [0.15, 0.2) is 182 Å². The molecule has 93 heavy (non-hydrogen) atoms. The number of phosphoric ester groups is 1. The molecule has 0 aliphatic rings. The number of carbonyl (C=O) groups is 2. The smallest absolute Gasteiger partial charge is 0.462 e. The Balaban J connectivity index is 3.94. The van der Waals surface area contributed by atoms with E-state index < -0.39 is 26.5 Å². The van der Waals surface area contributed by atoms with Gasteiger partial charge in [0.2, 0.25) is 0 Å². The molecule has 0 rings (SSSR count). The monoisotopic (exact) mass is 1310 g/mol. The third-order valence-electron chi connectivity index (χ3n) is 15.3. The quantitative estimate of drug-likeness (QED) is 0.0264. The maximum atomic E-state index is 12.8. The van der Waals surface area contributed by atoms with Gasteiger partial charge in [-0.1, -0.05) is 331 Å². The molecule has 0 aromatic rings. The average molecular weight is 1310 g/mol. The number of ether oxygens (including phenoxy) is 2. The van der Waals surface area contributed by atoms with Crippen LogP contribution in [0, 0.1) is 0 Å². The summed E-state index contributed by atoms with van der Waals surface area (Å²) in [6, 6.07) is 0. The van der Waals surface area contributed by atoms with Crippen LogP contribution in [0.1, 0.15) is 296 Å². The van der Waals surface area contributed by atoms with E-state index in [0.717, 1.165) is 154 Å². The predicted octanol–water partition coefficient (Wildman–Crippen LogP) is 25.1. The van der Waals surface area contributed by atoms with Gasteiger partial charge in [0.1, 0.15) is 6.61 Å². The normalized spacial score (nSPS) is 14.0. The molecular formula is C83H136NO8P. The van der Waals surface area contributed by atoms with Gasteiger partial charge in [-0.3, -0.25) is 18.6 Å². The molecule has 0 spiro atoms. The van der Waals surface area contributed by atoms with E-state index in [1.807, 2.05) is 0 Å². The zero-order valence-electron chi connectivity index (χ0n) is 59.2. The molecule has 526 valence electrons. The zero-order chi connectivity index (χ0) is 67.2. The van der Waals surface area contributed by atoms with Gasteiger partial charge in [0, 0.05) is 19.4 Å². The second-order valence-electron chi connectivity index (χ2n) is 24.0. The number of hydrogen-bond donors (Lipinski definition) is 2. The Labute approximate surface area is 571 Å². The molecule has 0 fully saturated rings. The van der Waals surface area contributed by atoms with E-state index in [4.69, 9.17) is 24.3 Å². The van der Waals surface area contributed by atoms with Crippen LogP contribution in [0.5, 0.6) is 0 Å². The minimum atomic E-state index is -4.41. The van der Waals surface area contributed by atoms with E-state index in [1.54, 1.807) is 0 Å². The molecule has 2 atom stereocenters. The molecule has 0 aliphatic heterocycles. The molecule has 9 nitrogen and oxygen atoms in total. The molecule has 0 aromatic heterocycles. The molecule has 0 amide bonds. The van der Waals surface area contributed by atoms with Crippen molar-refractivity contribution in [2.45, 2.75) is 302 Å². The Morgan fingerprint density at radius 3 is 0.828 bits per heavy atom. The van der Waals surface area contributed by atoms with Crippen molar-refractivity contribution in [2.75, 3.05) is 26.4 Å². The van der Waals surface area contributed by atoms with Gasteiger partial charge in [-0.05, 0) is 135 Å². The van der Waals surface area contributed by atoms with Crippen molar-refractivity contribution in [1.29, 1.82) is 0 Å². The van der Waals surface area contributed by atoms with E-state index in [9.17, 15) is 19.0 Å². The number of phosphoric acid groups is 1. The van der Waals surface area contributed by atoms with Crippen molar-refractivity contribution in [3.8, 4) is 0 Å². The molecule has 3 N–H and O–H groups in total. The number of allylic oxidation sites excluding steroid dienone is 30. The van der Waals surface area contributed by atoms with Crippen LogP contribution in [0.3, 0.4) is 0 Å². The van der Waals surface area contributed by atoms with Crippen LogP contribution in [-0.4, -0.2) is 49.3 Å². The van der Waals surface area contributed by atoms with E-state index >= 15 is 0 Å². The van der Waals surface area contributed by atoms with Crippen LogP contribution in [0.25, 0.3) is 0 Å². The topological polar surface area (TPSA) is 134 Å². The predicted molar refractivity (Wildman–Crippen MR) is 403 cm³/mol. The first-order valence-electron chi connectivity index (χ1n) is 37.3. The van der Waals surface area contributed by atoms with E-state index in [-0.39, 0.29) is 38.6 Å². The van der Waals surface area contributed by atoms with Gasteiger partial charge < -0.3 is 20.1 Å². The van der Waals surface area contributed by atoms with E-state index in [2.05, 4.69) is 196 Å². The van der Waals surface area contributed by atoms with Gasteiger partial charge in [-0.2, -0.15) is 0 Å². The largest absolute Gasteiger partial charge is 0.472 e. The maximum Gasteiger partial charge on any atom is 0.472 e. The number of rotatable bonds is 68. The van der Waals surface area contributed by atoms with Crippen LogP contribution >= 0.6 is 7.82 Å². The minimum absolute atomic E-state index is 0.0430. The Hall–Kier alpha value is -4.89. The molecular weight excluding hydrogens is 1170 g/mol. The first-order chi connectivity index (χ1) is 45.8. The lowest BCUT2D eigenvalue weighted by Gasteiger charge is -2.19. The van der Waals surface area contributed by atoms with Gasteiger partial charge >= 0.3 is 19.8 Å². The lowest BCUT2D eigenvalue weighted by atomic mass is 10.0. The highest BCUT2D eigenvalue weighted by molar-refractivity contribution is 7.47. The Bertz CT molecular complexity index is 2180. The zero-order valence-corrected chi connectivity index (χ0v) is 60.1. The fourth-order valence-electron chi connectivity index (χ4n) is 9.87. The summed E-state index contributed by atoms with van der Waals surface area (Å²) >= 11 is 0. The third kappa shape index (κ3) is 76.0. The highest BCUT2D eigenvalue weighted by Crippen LogP contribution is 2.43. The first kappa shape index (κ1) is 88.1. The summed E-state index contributed by atoms with van der Waals surface area (Å²) in [6.07, 6.45) is 114. The van der Waals surface area contributed by atoms with Gasteiger partial charge in [0.25, 0.3) is 0 Å². The Kier molecular flexibility index (Phi) is 72.1. The number of unbranched alkanes of at least 4 members (excludes halogenated alkanes) is 25. The van der Waals surface area contributed by atoms with E-state index in [0.29, 0.717) is 6.42 Å². The average Bonchev–Trinajstić information content (AvgIpc) is 3.04. The molecule has 2 unspecified atom stereocenters. The molecule has 10 heteroatoms. The van der Waals surface area contributed by atoms with Crippen molar-refractivity contribution in [2.24, 2.45) is 5.73 Å². The van der Waals surface area contributed by atoms with E-state index in [1.165, 1.54) is 109 Å². The molecule has 0 radical (unpaired) electrons. The minimum Gasteiger partial charge on any atom is -0.462 e.